The van der Waals surface area contributed by atoms with Crippen LogP contribution in [0.4, 0.5) is 0 Å². The van der Waals surface area contributed by atoms with E-state index in [4.69, 9.17) is 9.47 Å². The fraction of sp³-hybridized carbons (Fsp3) is 0.654. The molecule has 0 spiro atoms. The van der Waals surface area contributed by atoms with Crippen LogP contribution in [0.2, 0.25) is 0 Å². The van der Waals surface area contributed by atoms with Crippen molar-refractivity contribution in [3.63, 3.8) is 0 Å². The number of rotatable bonds is 3. The lowest BCUT2D eigenvalue weighted by atomic mass is 9.55. The lowest BCUT2D eigenvalue weighted by Gasteiger charge is -2.50. The monoisotopic (exact) mass is 425 g/mol. The van der Waals surface area contributed by atoms with Gasteiger partial charge in [0.05, 0.1) is 13.0 Å². The number of hydrogen-bond donors (Lipinski definition) is 1. The van der Waals surface area contributed by atoms with Gasteiger partial charge in [-0.15, -0.1) is 0 Å². The summed E-state index contributed by atoms with van der Waals surface area (Å²) in [7, 11) is 1.58. The number of phenolic OH excluding ortho intramolecular Hbond substituents is 1. The highest BCUT2D eigenvalue weighted by atomic mass is 16.6. The van der Waals surface area contributed by atoms with E-state index in [-0.39, 0.29) is 35.2 Å². The zero-order valence-corrected chi connectivity index (χ0v) is 19.0. The number of ether oxygens (including phenoxy) is 2. The summed E-state index contributed by atoms with van der Waals surface area (Å²) in [6.45, 7) is 10.6. The second kappa shape index (κ2) is 7.54. The third-order valence-electron chi connectivity index (χ3n) is 8.86. The number of aromatic hydroxyl groups is 1. The topological polar surface area (TPSA) is 59.0 Å². The van der Waals surface area contributed by atoms with Gasteiger partial charge in [-0.1, -0.05) is 19.1 Å². The van der Waals surface area contributed by atoms with Crippen molar-refractivity contribution in [2.24, 2.45) is 23.2 Å². The summed E-state index contributed by atoms with van der Waals surface area (Å²) in [6.07, 6.45) is 6.52. The number of benzene rings is 1. The molecule has 1 saturated heterocycles. The number of allylic oxidation sites excluding steroid dienone is 1. The fourth-order valence-electron chi connectivity index (χ4n) is 7.02. The minimum atomic E-state index is -0.0627. The summed E-state index contributed by atoms with van der Waals surface area (Å²) >= 11 is 0. The van der Waals surface area contributed by atoms with Crippen molar-refractivity contribution in [2.75, 3.05) is 20.2 Å². The quantitative estimate of drug-likeness (QED) is 0.565. The number of esters is 1. The van der Waals surface area contributed by atoms with Crippen LogP contribution in [0.5, 0.6) is 11.5 Å². The Balaban J connectivity index is 1.36. The SMILES string of the molecule is C=C1CCC[C@]2(C)C[C@H]3OC(=O)[C@H](CN4CCc5cc(O)c(OC)cc5[C@H]4C)[C@@H]3C[C@H]12. The predicted octanol–water partition coefficient (Wildman–Crippen LogP) is 4.63. The molecule has 2 aliphatic heterocycles. The molecule has 5 rings (SSSR count). The predicted molar refractivity (Wildman–Crippen MR) is 119 cm³/mol. The first-order valence-corrected chi connectivity index (χ1v) is 11.8. The maximum Gasteiger partial charge on any atom is 0.310 e. The van der Waals surface area contributed by atoms with Gasteiger partial charge in [0.15, 0.2) is 11.5 Å². The Morgan fingerprint density at radius 2 is 2.16 bits per heavy atom. The molecule has 0 aromatic heterocycles. The molecule has 0 bridgehead atoms. The number of nitrogens with zero attached hydrogens (tertiary/aromatic N) is 1. The third-order valence-corrected chi connectivity index (χ3v) is 8.86. The number of phenols is 1. The molecule has 168 valence electrons. The first kappa shape index (κ1) is 20.9. The van der Waals surface area contributed by atoms with Crippen LogP contribution in [0.15, 0.2) is 24.3 Å². The summed E-state index contributed by atoms with van der Waals surface area (Å²) in [5.74, 6) is 1.45. The van der Waals surface area contributed by atoms with Crippen molar-refractivity contribution in [1.82, 2.24) is 4.90 Å². The van der Waals surface area contributed by atoms with Crippen LogP contribution < -0.4 is 4.74 Å². The molecule has 2 aliphatic carbocycles. The molecule has 1 aromatic carbocycles. The fourth-order valence-corrected chi connectivity index (χ4v) is 7.02. The molecule has 0 amide bonds. The Hall–Kier alpha value is -2.01. The molecule has 2 heterocycles. The normalized spacial score (nSPS) is 37.6. The largest absolute Gasteiger partial charge is 0.504 e. The first-order valence-electron chi connectivity index (χ1n) is 11.8. The second-order valence-electron chi connectivity index (χ2n) is 10.5. The Labute approximate surface area is 185 Å². The van der Waals surface area contributed by atoms with Crippen LogP contribution in [0.25, 0.3) is 0 Å². The zero-order chi connectivity index (χ0) is 21.9. The van der Waals surface area contributed by atoms with E-state index in [9.17, 15) is 9.90 Å². The molecule has 0 unspecified atom stereocenters. The molecule has 2 saturated carbocycles. The third kappa shape index (κ3) is 3.36. The minimum absolute atomic E-state index is 0.0101. The average Bonchev–Trinajstić information content (AvgIpc) is 3.02. The van der Waals surface area contributed by atoms with Gasteiger partial charge in [0.25, 0.3) is 0 Å². The number of fused-ring (bicyclic) bond motifs is 3. The number of carbonyl (C=O) groups excluding carboxylic acids is 1. The van der Waals surface area contributed by atoms with Gasteiger partial charge in [-0.2, -0.15) is 0 Å². The molecule has 6 atom stereocenters. The summed E-state index contributed by atoms with van der Waals surface area (Å²) in [5.41, 5.74) is 3.97. The van der Waals surface area contributed by atoms with Gasteiger partial charge >= 0.3 is 5.97 Å². The lowest BCUT2D eigenvalue weighted by Crippen LogP contribution is -2.46. The molecule has 31 heavy (non-hydrogen) atoms. The van der Waals surface area contributed by atoms with Gasteiger partial charge in [0, 0.05) is 25.0 Å². The van der Waals surface area contributed by atoms with E-state index in [1.54, 1.807) is 7.11 Å². The van der Waals surface area contributed by atoms with Gasteiger partial charge in [-0.3, -0.25) is 9.69 Å². The van der Waals surface area contributed by atoms with Crippen molar-refractivity contribution in [2.45, 2.75) is 64.5 Å². The summed E-state index contributed by atoms with van der Waals surface area (Å²) < 4.78 is 11.3. The zero-order valence-electron chi connectivity index (χ0n) is 19.0. The van der Waals surface area contributed by atoms with Crippen LogP contribution in [0.3, 0.4) is 0 Å². The molecule has 0 radical (unpaired) electrons. The van der Waals surface area contributed by atoms with E-state index in [0.29, 0.717) is 17.6 Å². The van der Waals surface area contributed by atoms with Gasteiger partial charge in [0.2, 0.25) is 0 Å². The van der Waals surface area contributed by atoms with E-state index in [1.807, 2.05) is 12.1 Å². The molecule has 3 fully saturated rings. The summed E-state index contributed by atoms with van der Waals surface area (Å²) in [6, 6.07) is 3.96. The van der Waals surface area contributed by atoms with Crippen LogP contribution in [0, 0.1) is 23.2 Å². The van der Waals surface area contributed by atoms with E-state index in [1.165, 1.54) is 29.5 Å². The van der Waals surface area contributed by atoms with Crippen LogP contribution in [-0.4, -0.2) is 42.3 Å². The van der Waals surface area contributed by atoms with Gasteiger partial charge < -0.3 is 14.6 Å². The first-order chi connectivity index (χ1) is 14.8. The van der Waals surface area contributed by atoms with E-state index in [2.05, 4.69) is 25.3 Å². The standard InChI is InChI=1S/C26H35NO4/c1-15-6-5-8-26(3)13-24-19(11-21(15)26)20(25(29)31-24)14-27-9-7-17-10-22(28)23(30-4)12-18(17)16(27)2/h10,12,16,19-21,24,28H,1,5-9,11,13-14H2,2-4H3/t16-,19+,20-,21-,24-,26-/m1/s1. The highest BCUT2D eigenvalue weighted by molar-refractivity contribution is 5.75. The van der Waals surface area contributed by atoms with Crippen molar-refractivity contribution < 1.29 is 19.4 Å². The van der Waals surface area contributed by atoms with E-state index < -0.39 is 0 Å². The Bertz CT molecular complexity index is 911. The summed E-state index contributed by atoms with van der Waals surface area (Å²) in [5, 5.41) is 10.1. The maximum absolute atomic E-state index is 13.0. The highest BCUT2D eigenvalue weighted by Crippen LogP contribution is 2.57. The smallest absolute Gasteiger partial charge is 0.310 e. The summed E-state index contributed by atoms with van der Waals surface area (Å²) in [4.78, 5) is 15.4. The second-order valence-corrected chi connectivity index (χ2v) is 10.5. The van der Waals surface area contributed by atoms with Gasteiger partial charge in [-0.05, 0) is 80.0 Å². The van der Waals surface area contributed by atoms with Gasteiger partial charge in [-0.25, -0.2) is 0 Å². The highest BCUT2D eigenvalue weighted by Gasteiger charge is 2.55. The molecular weight excluding hydrogens is 390 g/mol. The van der Waals surface area contributed by atoms with Crippen LogP contribution >= 0.6 is 0 Å². The van der Waals surface area contributed by atoms with Crippen LogP contribution in [0.1, 0.15) is 63.1 Å². The van der Waals surface area contributed by atoms with Crippen LogP contribution in [-0.2, 0) is 16.0 Å². The van der Waals surface area contributed by atoms with Gasteiger partial charge in [0.1, 0.15) is 6.10 Å². The Morgan fingerprint density at radius 1 is 1.35 bits per heavy atom. The average molecular weight is 426 g/mol. The number of hydrogen-bond acceptors (Lipinski definition) is 5. The molecule has 1 N–H and O–H groups in total. The van der Waals surface area contributed by atoms with Crippen molar-refractivity contribution in [1.29, 1.82) is 0 Å². The molecule has 5 nitrogen and oxygen atoms in total. The van der Waals surface area contributed by atoms with Crippen molar-refractivity contribution in [3.8, 4) is 11.5 Å². The molecule has 1 aromatic rings. The lowest BCUT2D eigenvalue weighted by molar-refractivity contribution is -0.146. The maximum atomic E-state index is 13.0. The van der Waals surface area contributed by atoms with E-state index in [0.717, 1.165) is 38.8 Å². The number of carbonyl (C=O) groups is 1. The Morgan fingerprint density at radius 3 is 2.94 bits per heavy atom. The molecular formula is C26H35NO4. The minimum Gasteiger partial charge on any atom is -0.504 e. The molecule has 5 heteroatoms. The van der Waals surface area contributed by atoms with Crippen molar-refractivity contribution >= 4 is 5.97 Å². The van der Waals surface area contributed by atoms with Crippen molar-refractivity contribution in [3.05, 3.63) is 35.4 Å². The molecule has 4 aliphatic rings. The number of methoxy groups -OCH3 is 1. The van der Waals surface area contributed by atoms with E-state index >= 15 is 0 Å². The Kier molecular flexibility index (Phi) is 5.08.